The Balaban J connectivity index is 3.89. The molecule has 0 aromatic carbocycles. The zero-order valence-corrected chi connectivity index (χ0v) is 8.11. The zero-order valence-electron chi connectivity index (χ0n) is 2.98. The van der Waals surface area contributed by atoms with Crippen LogP contribution in [0, 0.1) is 0 Å². The van der Waals surface area contributed by atoms with Gasteiger partial charge in [-0.3, -0.25) is 0 Å². The molecule has 7 heavy (non-hydrogen) atoms. The van der Waals surface area contributed by atoms with Crippen LogP contribution >= 0.6 is 45.7 Å². The van der Waals surface area contributed by atoms with Crippen LogP contribution < -0.4 is 5.87 Å². The van der Waals surface area contributed by atoms with Crippen LogP contribution in [-0.4, -0.2) is 8.42 Å². The molecule has 44 valence electrons. The third kappa shape index (κ3) is 3.88. The van der Waals surface area contributed by atoms with Crippen molar-refractivity contribution in [2.24, 2.45) is 0 Å². The van der Waals surface area contributed by atoms with Crippen molar-refractivity contribution in [2.75, 3.05) is 0 Å². The van der Waals surface area contributed by atoms with Crippen LogP contribution in [0.25, 0.3) is 0 Å². The molecule has 0 aliphatic heterocycles. The fourth-order valence-electron chi connectivity index (χ4n) is 0.0146. The normalized spacial score (nSPS) is 11.7. The Morgan fingerprint density at radius 1 is 1.14 bits per heavy atom. The summed E-state index contributed by atoms with van der Waals surface area (Å²) < 4.78 is 24.3. The molecule has 0 aromatic rings. The standard InChI is InChI=1S/H2I2N2O2S/c1-3-7(5,6)4-2/h3-4H. The van der Waals surface area contributed by atoms with Crippen LogP contribution in [0.5, 0.6) is 0 Å². The van der Waals surface area contributed by atoms with Gasteiger partial charge in [-0.25, -0.2) is 0 Å². The number of nitrogens with one attached hydrogen (secondary N) is 2. The third-order valence-corrected chi connectivity index (χ3v) is 4.09. The summed E-state index contributed by atoms with van der Waals surface area (Å²) in [4.78, 5) is 0. The van der Waals surface area contributed by atoms with Crippen LogP contribution in [0.15, 0.2) is 0 Å². The quantitative estimate of drug-likeness (QED) is 0.550. The topological polar surface area (TPSA) is 58.2 Å². The number of halogens is 2. The molecule has 0 radical (unpaired) electrons. The number of hydrogen-bond donors (Lipinski definition) is 2. The second-order valence-corrected chi connectivity index (χ2v) is 4.62. The van der Waals surface area contributed by atoms with Crippen LogP contribution in [0.2, 0.25) is 0 Å². The summed E-state index contributed by atoms with van der Waals surface area (Å²) in [5, 5.41) is 0. The van der Waals surface area contributed by atoms with Crippen LogP contribution in [0.4, 0.5) is 0 Å². The lowest BCUT2D eigenvalue weighted by atomic mass is 13.9. The fourth-order valence-corrected chi connectivity index (χ4v) is 1.97. The van der Waals surface area contributed by atoms with E-state index in [9.17, 15) is 8.42 Å². The summed E-state index contributed by atoms with van der Waals surface area (Å²) in [5.41, 5.74) is 0. The van der Waals surface area contributed by atoms with Gasteiger partial charge in [-0.15, -0.1) is 5.87 Å². The highest BCUT2D eigenvalue weighted by molar-refractivity contribution is 14.1. The molecule has 0 amide bonds. The van der Waals surface area contributed by atoms with Gasteiger partial charge < -0.3 is 0 Å². The van der Waals surface area contributed by atoms with E-state index < -0.39 is 10.2 Å². The third-order valence-electron chi connectivity index (χ3n) is 0.203. The van der Waals surface area contributed by atoms with E-state index in [2.05, 4.69) is 0 Å². The van der Waals surface area contributed by atoms with Gasteiger partial charge in [0, 0.05) is 45.7 Å². The lowest BCUT2D eigenvalue weighted by Gasteiger charge is -1.90. The average molecular weight is 348 g/mol. The summed E-state index contributed by atoms with van der Waals surface area (Å²) in [6.07, 6.45) is 0. The van der Waals surface area contributed by atoms with E-state index in [4.69, 9.17) is 0 Å². The highest BCUT2D eigenvalue weighted by Gasteiger charge is 1.99. The Bertz CT molecular complexity index is 117. The van der Waals surface area contributed by atoms with Gasteiger partial charge >= 0.3 is 0 Å². The molecule has 0 rings (SSSR count). The number of rotatable bonds is 2. The SMILES string of the molecule is O=S(=O)(NI)NI. The molecule has 0 saturated carbocycles. The minimum atomic E-state index is -3.18. The van der Waals surface area contributed by atoms with Crippen molar-refractivity contribution in [2.45, 2.75) is 0 Å². The highest BCUT2D eigenvalue weighted by atomic mass is 127. The van der Waals surface area contributed by atoms with E-state index in [0.29, 0.717) is 0 Å². The van der Waals surface area contributed by atoms with Gasteiger partial charge in [-0.2, -0.15) is 8.42 Å². The molecule has 4 nitrogen and oxygen atoms in total. The Hall–Kier alpha value is 1.33. The molecule has 0 aromatic heterocycles. The van der Waals surface area contributed by atoms with Crippen molar-refractivity contribution in [1.29, 1.82) is 0 Å². The lowest BCUT2D eigenvalue weighted by molar-refractivity contribution is 0.595. The second-order valence-electron chi connectivity index (χ2n) is 0.658. The van der Waals surface area contributed by atoms with Crippen LogP contribution in [0.1, 0.15) is 0 Å². The first-order valence-corrected chi connectivity index (χ1v) is 4.76. The molecule has 0 atom stereocenters. The highest BCUT2D eigenvalue weighted by Crippen LogP contribution is 1.83. The minimum absolute atomic E-state index is 1.52. The van der Waals surface area contributed by atoms with Crippen molar-refractivity contribution >= 4 is 55.9 Å². The van der Waals surface area contributed by atoms with Gasteiger partial charge in [0.25, 0.3) is 10.2 Å². The molecule has 7 heteroatoms. The Kier molecular flexibility index (Phi) is 4.02. The molecule has 2 N–H and O–H groups in total. The van der Waals surface area contributed by atoms with Gasteiger partial charge in [-0.1, -0.05) is 0 Å². The molecule has 0 aliphatic carbocycles. The molecule has 0 fully saturated rings. The smallest absolute Gasteiger partial charge is 0.194 e. The van der Waals surface area contributed by atoms with Crippen LogP contribution in [0.3, 0.4) is 0 Å². The first kappa shape index (κ1) is 8.33. The van der Waals surface area contributed by atoms with Gasteiger partial charge in [-0.05, 0) is 0 Å². The van der Waals surface area contributed by atoms with Gasteiger partial charge in [0.05, 0.1) is 0 Å². The molecule has 0 spiro atoms. The van der Waals surface area contributed by atoms with Crippen molar-refractivity contribution in [1.82, 2.24) is 5.87 Å². The molecule has 0 heterocycles. The van der Waals surface area contributed by atoms with Gasteiger partial charge in [0.1, 0.15) is 0 Å². The summed E-state index contributed by atoms with van der Waals surface area (Å²) in [6.45, 7) is 0. The van der Waals surface area contributed by atoms with E-state index in [1.165, 1.54) is 45.7 Å². The first-order valence-electron chi connectivity index (χ1n) is 1.12. The summed E-state index contributed by atoms with van der Waals surface area (Å²) >= 11 is 3.05. The minimum Gasteiger partial charge on any atom is -0.194 e. The average Bonchev–Trinajstić information content (AvgIpc) is 1.68. The Morgan fingerprint density at radius 3 is 1.43 bits per heavy atom. The molecule has 0 saturated heterocycles. The fraction of sp³-hybridized carbons (Fsp3) is 0. The van der Waals surface area contributed by atoms with Crippen molar-refractivity contribution in [3.05, 3.63) is 0 Å². The summed E-state index contributed by atoms with van der Waals surface area (Å²) in [6, 6.07) is 0. The van der Waals surface area contributed by atoms with E-state index in [1.54, 1.807) is 0 Å². The van der Waals surface area contributed by atoms with Gasteiger partial charge in [0.15, 0.2) is 0 Å². The van der Waals surface area contributed by atoms with Gasteiger partial charge in [0.2, 0.25) is 0 Å². The largest absolute Gasteiger partial charge is 0.294 e. The maximum absolute atomic E-state index is 10.1. The van der Waals surface area contributed by atoms with E-state index in [0.717, 1.165) is 0 Å². The maximum atomic E-state index is 10.1. The number of hydrogen-bond acceptors (Lipinski definition) is 2. The van der Waals surface area contributed by atoms with E-state index in [1.807, 2.05) is 5.87 Å². The summed E-state index contributed by atoms with van der Waals surface area (Å²) in [7, 11) is -3.18. The predicted molar refractivity (Wildman–Crippen MR) is 43.2 cm³/mol. The summed E-state index contributed by atoms with van der Waals surface area (Å²) in [5.74, 6) is 0. The molecular weight excluding hydrogens is 346 g/mol. The monoisotopic (exact) mass is 348 g/mol. The first-order chi connectivity index (χ1) is 3.12. The van der Waals surface area contributed by atoms with Crippen molar-refractivity contribution in [3.8, 4) is 0 Å². The van der Waals surface area contributed by atoms with Crippen molar-refractivity contribution < 1.29 is 8.42 Å². The molecule has 0 aliphatic rings. The predicted octanol–water partition coefficient (Wildman–Crippen LogP) is 0.110. The molecule has 0 bridgehead atoms. The van der Waals surface area contributed by atoms with Crippen LogP contribution in [-0.2, 0) is 10.2 Å². The van der Waals surface area contributed by atoms with E-state index in [-0.39, 0.29) is 0 Å². The Morgan fingerprint density at radius 2 is 1.43 bits per heavy atom. The molecular formula is H2I2N2O2S. The van der Waals surface area contributed by atoms with E-state index >= 15 is 0 Å². The van der Waals surface area contributed by atoms with Crippen molar-refractivity contribution in [3.63, 3.8) is 0 Å². The second kappa shape index (κ2) is 3.37. The lowest BCUT2D eigenvalue weighted by Crippen LogP contribution is -2.22. The maximum Gasteiger partial charge on any atom is 0.294 e. The zero-order chi connectivity index (χ0) is 5.91. The Labute approximate surface area is 69.6 Å². The molecule has 0 unspecified atom stereocenters.